The molecule has 0 radical (unpaired) electrons. The molecule has 0 amide bonds. The van der Waals surface area contributed by atoms with Crippen LogP contribution in [0.4, 0.5) is 0 Å². The lowest BCUT2D eigenvalue weighted by Gasteiger charge is -2.08. The maximum Gasteiger partial charge on any atom is 0.276 e. The van der Waals surface area contributed by atoms with E-state index in [1.54, 1.807) is 17.8 Å². The first kappa shape index (κ1) is 11.0. The predicted molar refractivity (Wildman–Crippen MR) is 71.3 cm³/mol. The summed E-state index contributed by atoms with van der Waals surface area (Å²) in [5, 5.41) is 0.934. The number of rotatable bonds is 1. The number of aromatic nitrogens is 3. The number of benzene rings is 1. The molecule has 0 saturated carbocycles. The lowest BCUT2D eigenvalue weighted by molar-refractivity contribution is 0.656. The molecule has 0 spiro atoms. The Balaban J connectivity index is 2.46. The molecule has 2 heterocycles. The van der Waals surface area contributed by atoms with Crippen molar-refractivity contribution in [1.29, 1.82) is 0 Å². The predicted octanol–water partition coefficient (Wildman–Crippen LogP) is 2.38. The number of hydrogen-bond donors (Lipinski definition) is 0. The minimum atomic E-state index is -0.0852. The van der Waals surface area contributed by atoms with Gasteiger partial charge < -0.3 is 0 Å². The van der Waals surface area contributed by atoms with Crippen LogP contribution in [-0.4, -0.2) is 14.3 Å². The molecule has 0 bridgehead atoms. The van der Waals surface area contributed by atoms with Gasteiger partial charge in [-0.1, -0.05) is 29.8 Å². The monoisotopic (exact) mass is 259 g/mol. The van der Waals surface area contributed by atoms with Gasteiger partial charge in [-0.3, -0.25) is 9.48 Å². The molecule has 0 aliphatic rings. The van der Waals surface area contributed by atoms with Crippen molar-refractivity contribution in [3.8, 4) is 5.69 Å². The third kappa shape index (κ3) is 1.54. The van der Waals surface area contributed by atoms with Gasteiger partial charge in [0.1, 0.15) is 5.15 Å². The van der Waals surface area contributed by atoms with Crippen LogP contribution in [0.2, 0.25) is 5.15 Å². The molecule has 90 valence electrons. The molecule has 5 heteroatoms. The standard InChI is InChI=1S/C13H10ClN3O/c1-16-13(18)10-8-15-12(14)7-11(10)17(16)9-5-3-2-4-6-9/h2-8H,1H3. The van der Waals surface area contributed by atoms with Gasteiger partial charge >= 0.3 is 0 Å². The van der Waals surface area contributed by atoms with Crippen LogP contribution in [0.15, 0.2) is 47.4 Å². The second kappa shape index (κ2) is 3.99. The van der Waals surface area contributed by atoms with Gasteiger partial charge in [-0.2, -0.15) is 0 Å². The van der Waals surface area contributed by atoms with E-state index in [1.807, 2.05) is 35.0 Å². The van der Waals surface area contributed by atoms with Gasteiger partial charge in [0, 0.05) is 19.3 Å². The summed E-state index contributed by atoms with van der Waals surface area (Å²) in [6, 6.07) is 11.4. The molecular formula is C13H10ClN3O. The number of para-hydroxylation sites is 1. The van der Waals surface area contributed by atoms with Crippen molar-refractivity contribution in [1.82, 2.24) is 14.3 Å². The van der Waals surface area contributed by atoms with Crippen LogP contribution in [0.5, 0.6) is 0 Å². The Hall–Kier alpha value is -2.07. The Bertz CT molecular complexity index is 774. The SMILES string of the molecule is Cn1c(=O)c2cnc(Cl)cc2n1-c1ccccc1. The first-order valence-corrected chi connectivity index (χ1v) is 5.85. The lowest BCUT2D eigenvalue weighted by Crippen LogP contribution is -2.17. The van der Waals surface area contributed by atoms with E-state index in [0.29, 0.717) is 10.5 Å². The molecule has 0 saturated heterocycles. The molecule has 0 unspecified atom stereocenters. The van der Waals surface area contributed by atoms with Crippen LogP contribution < -0.4 is 5.56 Å². The maximum absolute atomic E-state index is 12.1. The fourth-order valence-electron chi connectivity index (χ4n) is 2.07. The highest BCUT2D eigenvalue weighted by molar-refractivity contribution is 6.30. The summed E-state index contributed by atoms with van der Waals surface area (Å²) in [6.45, 7) is 0. The average molecular weight is 260 g/mol. The fourth-order valence-corrected chi connectivity index (χ4v) is 2.22. The van der Waals surface area contributed by atoms with Crippen molar-refractivity contribution in [2.75, 3.05) is 0 Å². The van der Waals surface area contributed by atoms with E-state index < -0.39 is 0 Å². The van der Waals surface area contributed by atoms with Gasteiger partial charge in [-0.05, 0) is 12.1 Å². The first-order chi connectivity index (χ1) is 8.68. The zero-order valence-corrected chi connectivity index (χ0v) is 10.4. The Kier molecular flexibility index (Phi) is 2.45. The second-order valence-corrected chi connectivity index (χ2v) is 4.39. The van der Waals surface area contributed by atoms with E-state index in [1.165, 1.54) is 6.20 Å². The Morgan fingerprint density at radius 3 is 2.67 bits per heavy atom. The second-order valence-electron chi connectivity index (χ2n) is 4.00. The van der Waals surface area contributed by atoms with E-state index in [4.69, 9.17) is 11.6 Å². The van der Waals surface area contributed by atoms with Gasteiger partial charge in [0.2, 0.25) is 0 Å². The van der Waals surface area contributed by atoms with Crippen LogP contribution in [0.1, 0.15) is 0 Å². The zero-order chi connectivity index (χ0) is 12.7. The van der Waals surface area contributed by atoms with Crippen molar-refractivity contribution in [3.05, 3.63) is 58.1 Å². The third-order valence-corrected chi connectivity index (χ3v) is 3.11. The molecule has 4 nitrogen and oxygen atoms in total. The summed E-state index contributed by atoms with van der Waals surface area (Å²) < 4.78 is 3.38. The third-order valence-electron chi connectivity index (χ3n) is 2.90. The molecule has 0 fully saturated rings. The molecule has 3 aromatic rings. The van der Waals surface area contributed by atoms with E-state index in [0.717, 1.165) is 11.2 Å². The van der Waals surface area contributed by atoms with Gasteiger partial charge in [0.15, 0.2) is 0 Å². The zero-order valence-electron chi connectivity index (χ0n) is 9.67. The number of halogens is 1. The van der Waals surface area contributed by atoms with Crippen molar-refractivity contribution in [2.24, 2.45) is 7.05 Å². The van der Waals surface area contributed by atoms with Gasteiger partial charge in [0.05, 0.1) is 16.6 Å². The quantitative estimate of drug-likeness (QED) is 0.630. The van der Waals surface area contributed by atoms with Crippen molar-refractivity contribution < 1.29 is 0 Å². The lowest BCUT2D eigenvalue weighted by atomic mass is 10.3. The Labute approximate surface area is 108 Å². The van der Waals surface area contributed by atoms with Gasteiger partial charge in [-0.15, -0.1) is 0 Å². The summed E-state index contributed by atoms with van der Waals surface area (Å²) in [5.74, 6) is 0. The van der Waals surface area contributed by atoms with Crippen LogP contribution in [0.3, 0.4) is 0 Å². The van der Waals surface area contributed by atoms with E-state index in [-0.39, 0.29) is 5.56 Å². The molecule has 0 N–H and O–H groups in total. The molecule has 2 aromatic heterocycles. The van der Waals surface area contributed by atoms with E-state index in [9.17, 15) is 4.79 Å². The topological polar surface area (TPSA) is 39.8 Å². The normalized spacial score (nSPS) is 11.0. The highest BCUT2D eigenvalue weighted by Gasteiger charge is 2.12. The van der Waals surface area contributed by atoms with Crippen molar-refractivity contribution in [3.63, 3.8) is 0 Å². The maximum atomic E-state index is 12.1. The molecular weight excluding hydrogens is 250 g/mol. The van der Waals surface area contributed by atoms with E-state index >= 15 is 0 Å². The van der Waals surface area contributed by atoms with Crippen LogP contribution in [0.25, 0.3) is 16.6 Å². The van der Waals surface area contributed by atoms with Crippen LogP contribution >= 0.6 is 11.6 Å². The summed E-state index contributed by atoms with van der Waals surface area (Å²) in [7, 11) is 1.73. The van der Waals surface area contributed by atoms with Crippen LogP contribution in [0, 0.1) is 0 Å². The van der Waals surface area contributed by atoms with Gasteiger partial charge in [0.25, 0.3) is 5.56 Å². The summed E-state index contributed by atoms with van der Waals surface area (Å²) >= 11 is 5.90. The Morgan fingerprint density at radius 2 is 1.94 bits per heavy atom. The highest BCUT2D eigenvalue weighted by Crippen LogP contribution is 2.18. The number of nitrogens with zero attached hydrogens (tertiary/aromatic N) is 3. The fraction of sp³-hybridized carbons (Fsp3) is 0.0769. The Morgan fingerprint density at radius 1 is 1.22 bits per heavy atom. The smallest absolute Gasteiger partial charge is 0.267 e. The van der Waals surface area contributed by atoms with E-state index in [2.05, 4.69) is 4.98 Å². The average Bonchev–Trinajstić information content (AvgIpc) is 2.63. The molecule has 0 aliphatic heterocycles. The largest absolute Gasteiger partial charge is 0.276 e. The summed E-state index contributed by atoms with van der Waals surface area (Å²) in [4.78, 5) is 16.0. The first-order valence-electron chi connectivity index (χ1n) is 5.47. The van der Waals surface area contributed by atoms with Gasteiger partial charge in [-0.25, -0.2) is 9.67 Å². The van der Waals surface area contributed by atoms with Crippen molar-refractivity contribution >= 4 is 22.5 Å². The molecule has 0 aliphatic carbocycles. The molecule has 1 aromatic carbocycles. The number of fused-ring (bicyclic) bond motifs is 1. The summed E-state index contributed by atoms with van der Waals surface area (Å²) in [5.41, 5.74) is 1.58. The molecule has 3 rings (SSSR count). The highest BCUT2D eigenvalue weighted by atomic mass is 35.5. The minimum Gasteiger partial charge on any atom is -0.267 e. The number of hydrogen-bond acceptors (Lipinski definition) is 2. The molecule has 0 atom stereocenters. The minimum absolute atomic E-state index is 0.0852. The van der Waals surface area contributed by atoms with Crippen molar-refractivity contribution in [2.45, 2.75) is 0 Å². The van der Waals surface area contributed by atoms with Crippen LogP contribution in [-0.2, 0) is 7.05 Å². The number of pyridine rings is 1. The molecule has 18 heavy (non-hydrogen) atoms. The summed E-state index contributed by atoms with van der Waals surface area (Å²) in [6.07, 6.45) is 1.51.